The Bertz CT molecular complexity index is 213. The van der Waals surface area contributed by atoms with Gasteiger partial charge < -0.3 is 5.84 Å². The van der Waals surface area contributed by atoms with Gasteiger partial charge in [0.1, 0.15) is 0 Å². The molecule has 0 aliphatic carbocycles. The van der Waals surface area contributed by atoms with Gasteiger partial charge in [0, 0.05) is 29.6 Å². The number of hydrogen-bond acceptors (Lipinski definition) is 3. The molecule has 13 heavy (non-hydrogen) atoms. The molecule has 1 rings (SSSR count). The summed E-state index contributed by atoms with van der Waals surface area (Å²) in [5.41, 5.74) is 0.155. The molecule has 4 heteroatoms. The molecule has 4 nitrogen and oxygen atoms in total. The average molecular weight is 184 g/mol. The molecule has 0 amide bonds. The summed E-state index contributed by atoms with van der Waals surface area (Å²) < 4.78 is 0. The first-order valence-corrected chi connectivity index (χ1v) is 4.53. The number of nitrogens with zero attached hydrogens (tertiary/aromatic N) is 2. The lowest BCUT2D eigenvalue weighted by molar-refractivity contribution is -0.273. The quantitative estimate of drug-likeness (QED) is 0.455. The predicted molar refractivity (Wildman–Crippen MR) is 51.5 cm³/mol. The molecule has 0 spiro atoms. The minimum Gasteiger partial charge on any atom is -0.323 e. The molecule has 1 heterocycles. The maximum atomic E-state index is 11.9. The van der Waals surface area contributed by atoms with Gasteiger partial charge in [-0.05, 0) is 27.7 Å². The monoisotopic (exact) mass is 184 g/mol. The van der Waals surface area contributed by atoms with Crippen LogP contribution in [0.2, 0.25) is 0 Å². The van der Waals surface area contributed by atoms with Gasteiger partial charge >= 0.3 is 0 Å². The Morgan fingerprint density at radius 1 is 1.23 bits per heavy atom. The lowest BCUT2D eigenvalue weighted by atomic mass is 9.81. The molecule has 0 aromatic heterocycles. The standard InChI is InChI=1S/C9H18N3O/c1-8(2)5-7(11-10)6-9(3,4)12(8)13/h5-6,10H2,1-4H3. The maximum absolute atomic E-state index is 11.9. The van der Waals surface area contributed by atoms with Crippen LogP contribution in [0.4, 0.5) is 0 Å². The van der Waals surface area contributed by atoms with E-state index in [1.165, 1.54) is 0 Å². The summed E-state index contributed by atoms with van der Waals surface area (Å²) in [6, 6.07) is 0. The first-order valence-electron chi connectivity index (χ1n) is 4.53. The molecule has 0 saturated carbocycles. The number of rotatable bonds is 0. The van der Waals surface area contributed by atoms with Gasteiger partial charge in [-0.25, -0.2) is 0 Å². The molecule has 0 aromatic carbocycles. The van der Waals surface area contributed by atoms with E-state index in [9.17, 15) is 5.21 Å². The van der Waals surface area contributed by atoms with Crippen LogP contribution < -0.4 is 5.84 Å². The molecule has 1 fully saturated rings. The normalized spacial score (nSPS) is 27.3. The van der Waals surface area contributed by atoms with E-state index in [2.05, 4.69) is 5.10 Å². The summed E-state index contributed by atoms with van der Waals surface area (Å²) in [7, 11) is 0. The van der Waals surface area contributed by atoms with E-state index < -0.39 is 0 Å². The van der Waals surface area contributed by atoms with Crippen molar-refractivity contribution in [1.82, 2.24) is 5.06 Å². The molecule has 1 aliphatic rings. The van der Waals surface area contributed by atoms with Crippen LogP contribution in [0.1, 0.15) is 40.5 Å². The summed E-state index contributed by atoms with van der Waals surface area (Å²) in [4.78, 5) is 0. The lowest BCUT2D eigenvalue weighted by Crippen LogP contribution is -2.58. The van der Waals surface area contributed by atoms with Crippen molar-refractivity contribution in [2.45, 2.75) is 51.6 Å². The van der Waals surface area contributed by atoms with Gasteiger partial charge in [-0.1, -0.05) is 0 Å². The number of hydrazone groups is 1. The maximum Gasteiger partial charge on any atom is 0.0496 e. The summed E-state index contributed by atoms with van der Waals surface area (Å²) in [5, 5.41) is 16.7. The molecule has 2 N–H and O–H groups in total. The second-order valence-electron chi connectivity index (χ2n) is 4.97. The van der Waals surface area contributed by atoms with Gasteiger partial charge in [-0.15, -0.1) is 10.3 Å². The van der Waals surface area contributed by atoms with E-state index in [0.717, 1.165) is 10.8 Å². The Morgan fingerprint density at radius 3 is 1.92 bits per heavy atom. The smallest absolute Gasteiger partial charge is 0.0496 e. The zero-order valence-electron chi connectivity index (χ0n) is 8.79. The van der Waals surface area contributed by atoms with Crippen LogP contribution in [0.25, 0.3) is 0 Å². The van der Waals surface area contributed by atoms with Gasteiger partial charge in [0.05, 0.1) is 0 Å². The van der Waals surface area contributed by atoms with E-state index in [-0.39, 0.29) is 11.1 Å². The van der Waals surface area contributed by atoms with Crippen molar-refractivity contribution in [3.8, 4) is 0 Å². The van der Waals surface area contributed by atoms with Crippen LogP contribution in [0.3, 0.4) is 0 Å². The summed E-state index contributed by atoms with van der Waals surface area (Å²) >= 11 is 0. The summed E-state index contributed by atoms with van der Waals surface area (Å²) in [5.74, 6) is 5.26. The molecule has 1 radical (unpaired) electrons. The molecule has 0 atom stereocenters. The SMILES string of the molecule is CC1(C)CC(=NN)CC(C)(C)N1[O]. The third-order valence-electron chi connectivity index (χ3n) is 2.56. The third kappa shape index (κ3) is 1.84. The first kappa shape index (κ1) is 10.5. The second-order valence-corrected chi connectivity index (χ2v) is 4.97. The van der Waals surface area contributed by atoms with Crippen LogP contribution >= 0.6 is 0 Å². The highest BCUT2D eigenvalue weighted by molar-refractivity contribution is 5.87. The average Bonchev–Trinajstić information content (AvgIpc) is 1.99. The minimum atomic E-state index is -0.389. The van der Waals surface area contributed by atoms with Gasteiger partial charge in [0.2, 0.25) is 0 Å². The minimum absolute atomic E-state index is 0.389. The summed E-state index contributed by atoms with van der Waals surface area (Å²) in [6.45, 7) is 7.69. The van der Waals surface area contributed by atoms with Crippen LogP contribution in [-0.2, 0) is 5.21 Å². The Hall–Kier alpha value is -0.610. The fraction of sp³-hybridized carbons (Fsp3) is 0.889. The van der Waals surface area contributed by atoms with Crippen LogP contribution in [0.15, 0.2) is 5.10 Å². The van der Waals surface area contributed by atoms with Gasteiger partial charge in [-0.2, -0.15) is 5.10 Å². The molecule has 0 unspecified atom stereocenters. The Labute approximate surface area is 79.4 Å². The molecular formula is C9H18N3O. The van der Waals surface area contributed by atoms with E-state index in [1.807, 2.05) is 27.7 Å². The topological polar surface area (TPSA) is 61.5 Å². The van der Waals surface area contributed by atoms with Gasteiger partial charge in [0.25, 0.3) is 0 Å². The van der Waals surface area contributed by atoms with Crippen molar-refractivity contribution < 1.29 is 5.21 Å². The molecule has 1 aliphatic heterocycles. The van der Waals surface area contributed by atoms with E-state index in [0.29, 0.717) is 12.8 Å². The Morgan fingerprint density at radius 2 is 1.62 bits per heavy atom. The fourth-order valence-corrected chi connectivity index (χ4v) is 2.12. The van der Waals surface area contributed by atoms with Crippen molar-refractivity contribution in [2.24, 2.45) is 10.9 Å². The van der Waals surface area contributed by atoms with Gasteiger partial charge in [0.15, 0.2) is 0 Å². The van der Waals surface area contributed by atoms with Crippen LogP contribution in [0, 0.1) is 0 Å². The highest BCUT2D eigenvalue weighted by Gasteiger charge is 2.44. The van der Waals surface area contributed by atoms with Crippen LogP contribution in [-0.4, -0.2) is 21.9 Å². The van der Waals surface area contributed by atoms with Gasteiger partial charge in [-0.3, -0.25) is 0 Å². The molecule has 0 aromatic rings. The van der Waals surface area contributed by atoms with E-state index in [1.54, 1.807) is 0 Å². The molecule has 1 saturated heterocycles. The fourth-order valence-electron chi connectivity index (χ4n) is 2.12. The van der Waals surface area contributed by atoms with E-state index in [4.69, 9.17) is 5.84 Å². The zero-order chi connectivity index (χ0) is 10.3. The number of piperidine rings is 1. The highest BCUT2D eigenvalue weighted by Crippen LogP contribution is 2.35. The molecular weight excluding hydrogens is 166 g/mol. The lowest BCUT2D eigenvalue weighted by Gasteiger charge is -2.46. The summed E-state index contributed by atoms with van der Waals surface area (Å²) in [6.07, 6.45) is 1.33. The molecule has 0 bridgehead atoms. The second kappa shape index (κ2) is 2.96. The van der Waals surface area contributed by atoms with Crippen molar-refractivity contribution >= 4 is 5.71 Å². The molecule has 75 valence electrons. The van der Waals surface area contributed by atoms with Crippen molar-refractivity contribution in [3.63, 3.8) is 0 Å². The zero-order valence-corrected chi connectivity index (χ0v) is 8.79. The predicted octanol–water partition coefficient (Wildman–Crippen LogP) is 1.30. The van der Waals surface area contributed by atoms with E-state index >= 15 is 0 Å². The largest absolute Gasteiger partial charge is 0.323 e. The van der Waals surface area contributed by atoms with Crippen molar-refractivity contribution in [2.75, 3.05) is 0 Å². The Balaban J connectivity index is 2.95. The number of hydrogen-bond donors (Lipinski definition) is 1. The van der Waals surface area contributed by atoms with Crippen LogP contribution in [0.5, 0.6) is 0 Å². The number of nitrogens with two attached hydrogens (primary N) is 1. The third-order valence-corrected chi connectivity index (χ3v) is 2.56. The van der Waals surface area contributed by atoms with Crippen molar-refractivity contribution in [3.05, 3.63) is 0 Å². The first-order chi connectivity index (χ1) is 5.79. The highest BCUT2D eigenvalue weighted by atomic mass is 16.5. The van der Waals surface area contributed by atoms with Crippen molar-refractivity contribution in [1.29, 1.82) is 0 Å². The number of hydroxylamine groups is 2. The Kier molecular flexibility index (Phi) is 2.38.